The second kappa shape index (κ2) is 5.92. The monoisotopic (exact) mass is 259 g/mol. The first-order chi connectivity index (χ1) is 7.95. The Morgan fingerprint density at radius 2 is 2.29 bits per heavy atom. The average molecular weight is 259 g/mol. The summed E-state index contributed by atoms with van der Waals surface area (Å²) < 4.78 is 4.95. The third kappa shape index (κ3) is 3.64. The lowest BCUT2D eigenvalue weighted by atomic mass is 10.2. The van der Waals surface area contributed by atoms with Gasteiger partial charge in [-0.1, -0.05) is 0 Å². The number of amides is 2. The predicted molar refractivity (Wildman–Crippen MR) is 66.4 cm³/mol. The molecule has 17 heavy (non-hydrogen) atoms. The smallest absolute Gasteiger partial charge is 0.251 e. The number of thiocarbonyl (C=S) groups is 1. The minimum absolute atomic E-state index is 0.0462. The maximum Gasteiger partial charge on any atom is 0.251 e. The summed E-state index contributed by atoms with van der Waals surface area (Å²) in [4.78, 5) is 24.0. The number of hydrogen-bond acceptors (Lipinski definition) is 4. The fourth-order valence-electron chi connectivity index (χ4n) is 1.58. The molecule has 0 aromatic rings. The Morgan fingerprint density at radius 3 is 2.76 bits per heavy atom. The summed E-state index contributed by atoms with van der Waals surface area (Å²) in [7, 11) is 3.07. The summed E-state index contributed by atoms with van der Waals surface area (Å²) in [5, 5.41) is 6.16. The van der Waals surface area contributed by atoms with Crippen molar-refractivity contribution in [3.8, 4) is 0 Å². The number of nitrogens with zero attached hydrogens (tertiary/aromatic N) is 1. The van der Waals surface area contributed by atoms with E-state index in [0.717, 1.165) is 4.90 Å². The summed E-state index contributed by atoms with van der Waals surface area (Å²) in [5.74, 6) is -0.446. The number of rotatable bonds is 4. The average Bonchev–Trinajstić information content (AvgIpc) is 2.46. The normalized spacial score (nSPS) is 21.6. The van der Waals surface area contributed by atoms with Crippen LogP contribution in [-0.2, 0) is 14.3 Å². The van der Waals surface area contributed by atoms with Crippen LogP contribution in [0.2, 0.25) is 0 Å². The maximum absolute atomic E-state index is 11.6. The molecule has 6 nitrogen and oxygen atoms in total. The molecule has 0 aromatic carbocycles. The van der Waals surface area contributed by atoms with Crippen LogP contribution < -0.4 is 10.6 Å². The first-order valence-corrected chi connectivity index (χ1v) is 5.73. The van der Waals surface area contributed by atoms with Crippen molar-refractivity contribution in [3.05, 3.63) is 0 Å². The highest BCUT2D eigenvalue weighted by molar-refractivity contribution is 7.80. The molecule has 1 fully saturated rings. The van der Waals surface area contributed by atoms with Crippen LogP contribution in [0.25, 0.3) is 0 Å². The van der Waals surface area contributed by atoms with Crippen molar-refractivity contribution in [2.75, 3.05) is 20.8 Å². The maximum atomic E-state index is 11.6. The molecule has 1 aliphatic rings. The molecule has 1 heterocycles. The molecular weight excluding hydrogens is 242 g/mol. The van der Waals surface area contributed by atoms with Crippen LogP contribution in [0.3, 0.4) is 0 Å². The van der Waals surface area contributed by atoms with E-state index in [-0.39, 0.29) is 24.3 Å². The Kier molecular flexibility index (Phi) is 4.83. The highest BCUT2D eigenvalue weighted by Gasteiger charge is 2.36. The molecule has 0 aliphatic carbocycles. The molecule has 0 aromatic heterocycles. The van der Waals surface area contributed by atoms with Gasteiger partial charge in [-0.3, -0.25) is 14.5 Å². The van der Waals surface area contributed by atoms with Crippen LogP contribution in [0.4, 0.5) is 0 Å². The van der Waals surface area contributed by atoms with Gasteiger partial charge >= 0.3 is 0 Å². The second-order valence-corrected chi connectivity index (χ2v) is 4.43. The highest BCUT2D eigenvalue weighted by atomic mass is 32.1. The van der Waals surface area contributed by atoms with Gasteiger partial charge in [-0.2, -0.15) is 0 Å². The van der Waals surface area contributed by atoms with Crippen molar-refractivity contribution in [2.45, 2.75) is 25.4 Å². The zero-order chi connectivity index (χ0) is 13.0. The number of carbonyl (C=O) groups excluding carboxylic acids is 2. The van der Waals surface area contributed by atoms with E-state index in [1.807, 2.05) is 6.92 Å². The van der Waals surface area contributed by atoms with Crippen molar-refractivity contribution in [1.82, 2.24) is 15.5 Å². The van der Waals surface area contributed by atoms with E-state index in [1.54, 1.807) is 7.11 Å². The SMILES string of the molecule is COCC(C)NC(=S)NC1CC(=O)N(C)C1=O. The van der Waals surface area contributed by atoms with Gasteiger partial charge < -0.3 is 15.4 Å². The van der Waals surface area contributed by atoms with E-state index < -0.39 is 6.04 Å². The van der Waals surface area contributed by atoms with E-state index in [9.17, 15) is 9.59 Å². The Labute approximate surface area is 106 Å². The van der Waals surface area contributed by atoms with E-state index in [4.69, 9.17) is 17.0 Å². The zero-order valence-corrected chi connectivity index (χ0v) is 11.0. The van der Waals surface area contributed by atoms with E-state index in [2.05, 4.69) is 10.6 Å². The minimum atomic E-state index is -0.553. The van der Waals surface area contributed by atoms with E-state index in [1.165, 1.54) is 7.05 Å². The molecule has 2 amide bonds. The van der Waals surface area contributed by atoms with E-state index >= 15 is 0 Å². The first-order valence-electron chi connectivity index (χ1n) is 5.32. The van der Waals surface area contributed by atoms with Crippen LogP contribution >= 0.6 is 12.2 Å². The van der Waals surface area contributed by atoms with Crippen LogP contribution in [0.5, 0.6) is 0 Å². The van der Waals surface area contributed by atoms with Crippen LogP contribution in [-0.4, -0.2) is 54.7 Å². The molecule has 7 heteroatoms. The Hall–Kier alpha value is -1.21. The third-order valence-electron chi connectivity index (χ3n) is 2.48. The molecule has 0 bridgehead atoms. The number of methoxy groups -OCH3 is 1. The summed E-state index contributed by atoms with van der Waals surface area (Å²) >= 11 is 5.05. The van der Waals surface area contributed by atoms with Gasteiger partial charge in [0, 0.05) is 20.2 Å². The molecule has 2 atom stereocenters. The summed E-state index contributed by atoms with van der Waals surface area (Å²) in [5.41, 5.74) is 0. The van der Waals surface area contributed by atoms with Gasteiger partial charge in [0.2, 0.25) is 5.91 Å². The number of likely N-dealkylation sites (N-methyl/N-ethyl adjacent to an activating group) is 1. The molecule has 2 N–H and O–H groups in total. The topological polar surface area (TPSA) is 70.7 Å². The molecule has 96 valence electrons. The van der Waals surface area contributed by atoms with E-state index in [0.29, 0.717) is 11.7 Å². The number of imide groups is 1. The van der Waals surface area contributed by atoms with Gasteiger partial charge in [-0.05, 0) is 19.1 Å². The minimum Gasteiger partial charge on any atom is -0.383 e. The highest BCUT2D eigenvalue weighted by Crippen LogP contribution is 2.10. The third-order valence-corrected chi connectivity index (χ3v) is 2.72. The predicted octanol–water partition coefficient (Wildman–Crippen LogP) is -0.757. The lowest BCUT2D eigenvalue weighted by Gasteiger charge is -2.18. The number of likely N-dealkylation sites (tertiary alicyclic amines) is 1. The fourth-order valence-corrected chi connectivity index (χ4v) is 1.93. The largest absolute Gasteiger partial charge is 0.383 e. The van der Waals surface area contributed by atoms with Gasteiger partial charge in [0.05, 0.1) is 13.0 Å². The number of ether oxygens (including phenoxy) is 1. The molecule has 1 rings (SSSR count). The first kappa shape index (κ1) is 13.9. The Balaban J connectivity index is 2.42. The number of carbonyl (C=O) groups is 2. The van der Waals surface area contributed by atoms with Gasteiger partial charge in [0.1, 0.15) is 6.04 Å². The van der Waals surface area contributed by atoms with Gasteiger partial charge in [0.15, 0.2) is 5.11 Å². The van der Waals surface area contributed by atoms with Crippen LogP contribution in [0.1, 0.15) is 13.3 Å². The summed E-state index contributed by atoms with van der Waals surface area (Å²) in [6.07, 6.45) is 0.149. The molecule has 0 spiro atoms. The number of hydrogen-bond donors (Lipinski definition) is 2. The fraction of sp³-hybridized carbons (Fsp3) is 0.700. The quantitative estimate of drug-likeness (QED) is 0.511. The van der Waals surface area contributed by atoms with Gasteiger partial charge in [-0.25, -0.2) is 0 Å². The van der Waals surface area contributed by atoms with Crippen LogP contribution in [0, 0.1) is 0 Å². The molecule has 2 unspecified atom stereocenters. The zero-order valence-electron chi connectivity index (χ0n) is 10.1. The standard InChI is InChI=1S/C10H17N3O3S/c1-6(5-16-3)11-10(17)12-7-4-8(14)13(2)9(7)15/h6-7H,4-5H2,1-3H3,(H2,11,12,17). The van der Waals surface area contributed by atoms with Crippen molar-refractivity contribution in [2.24, 2.45) is 0 Å². The summed E-state index contributed by atoms with van der Waals surface area (Å²) in [6.45, 7) is 2.42. The lowest BCUT2D eigenvalue weighted by molar-refractivity contribution is -0.137. The molecule has 0 radical (unpaired) electrons. The summed E-state index contributed by atoms with van der Waals surface area (Å²) in [6, 6.07) is -0.507. The molecule has 1 saturated heterocycles. The van der Waals surface area contributed by atoms with Crippen molar-refractivity contribution >= 4 is 29.1 Å². The van der Waals surface area contributed by atoms with Crippen LogP contribution in [0.15, 0.2) is 0 Å². The van der Waals surface area contributed by atoms with Gasteiger partial charge in [-0.15, -0.1) is 0 Å². The molecule has 0 saturated carbocycles. The van der Waals surface area contributed by atoms with Crippen molar-refractivity contribution in [3.63, 3.8) is 0 Å². The molecular formula is C10H17N3O3S. The lowest BCUT2D eigenvalue weighted by Crippen LogP contribution is -2.48. The Morgan fingerprint density at radius 1 is 1.65 bits per heavy atom. The van der Waals surface area contributed by atoms with Crippen molar-refractivity contribution in [1.29, 1.82) is 0 Å². The number of nitrogens with one attached hydrogen (secondary N) is 2. The Bertz CT molecular complexity index is 335. The van der Waals surface area contributed by atoms with Crippen molar-refractivity contribution < 1.29 is 14.3 Å². The molecule has 1 aliphatic heterocycles. The van der Waals surface area contributed by atoms with Gasteiger partial charge in [0.25, 0.3) is 5.91 Å². The second-order valence-electron chi connectivity index (χ2n) is 4.02.